The molecule has 12 heavy (non-hydrogen) atoms. The van der Waals surface area contributed by atoms with Crippen molar-refractivity contribution < 1.29 is 9.90 Å². The van der Waals surface area contributed by atoms with E-state index in [-0.39, 0.29) is 48.9 Å². The molecule has 2 nitrogen and oxygen atoms in total. The number of unbranched alkanes of at least 4 members (excludes halogenated alkanes) is 5. The molecule has 0 aromatic rings. The van der Waals surface area contributed by atoms with E-state index in [4.69, 9.17) is 5.11 Å². The molecular formula is C9H18BaO2. The second kappa shape index (κ2) is 12.0. The van der Waals surface area contributed by atoms with Gasteiger partial charge in [0.25, 0.3) is 0 Å². The SMILES string of the molecule is CCCCCCCCC(=O)O.[Ba]. The number of rotatable bonds is 7. The topological polar surface area (TPSA) is 37.3 Å². The fourth-order valence-corrected chi connectivity index (χ4v) is 1.06. The first-order valence-corrected chi connectivity index (χ1v) is 4.49. The van der Waals surface area contributed by atoms with Crippen LogP contribution in [0.3, 0.4) is 0 Å². The molecule has 0 aliphatic rings. The second-order valence-electron chi connectivity index (χ2n) is 2.91. The monoisotopic (exact) mass is 296 g/mol. The van der Waals surface area contributed by atoms with Crippen molar-refractivity contribution in [1.29, 1.82) is 0 Å². The van der Waals surface area contributed by atoms with E-state index in [9.17, 15) is 4.79 Å². The van der Waals surface area contributed by atoms with E-state index in [1.807, 2.05) is 0 Å². The van der Waals surface area contributed by atoms with Crippen molar-refractivity contribution in [1.82, 2.24) is 0 Å². The molecule has 0 heterocycles. The van der Waals surface area contributed by atoms with Crippen molar-refractivity contribution in [2.45, 2.75) is 51.9 Å². The summed E-state index contributed by atoms with van der Waals surface area (Å²) in [7, 11) is 0. The van der Waals surface area contributed by atoms with Crippen LogP contribution in [0.25, 0.3) is 0 Å². The van der Waals surface area contributed by atoms with Gasteiger partial charge in [-0.2, -0.15) is 0 Å². The molecule has 0 aromatic carbocycles. The molecule has 0 bridgehead atoms. The zero-order valence-electron chi connectivity index (χ0n) is 8.01. The van der Waals surface area contributed by atoms with Gasteiger partial charge in [-0.15, -0.1) is 0 Å². The maximum atomic E-state index is 10.1. The number of carboxylic acids is 1. The molecule has 0 aliphatic carbocycles. The minimum Gasteiger partial charge on any atom is -0.481 e. The van der Waals surface area contributed by atoms with E-state index >= 15 is 0 Å². The van der Waals surface area contributed by atoms with E-state index in [1.165, 1.54) is 25.7 Å². The number of carbonyl (C=O) groups is 1. The van der Waals surface area contributed by atoms with Crippen molar-refractivity contribution in [3.8, 4) is 0 Å². The van der Waals surface area contributed by atoms with Gasteiger partial charge in [-0.25, -0.2) is 0 Å². The molecule has 1 N–H and O–H groups in total. The molecule has 0 unspecified atom stereocenters. The molecular weight excluding hydrogens is 277 g/mol. The van der Waals surface area contributed by atoms with Crippen molar-refractivity contribution in [3.05, 3.63) is 0 Å². The van der Waals surface area contributed by atoms with Gasteiger partial charge >= 0.3 is 5.97 Å². The number of carboxylic acid groups (broad SMARTS) is 1. The fraction of sp³-hybridized carbons (Fsp3) is 0.889. The van der Waals surface area contributed by atoms with Crippen LogP contribution in [0.15, 0.2) is 0 Å². The molecule has 3 heteroatoms. The summed E-state index contributed by atoms with van der Waals surface area (Å²) in [6, 6.07) is 0. The summed E-state index contributed by atoms with van der Waals surface area (Å²) in [4.78, 5) is 10.1. The zero-order chi connectivity index (χ0) is 8.53. The summed E-state index contributed by atoms with van der Waals surface area (Å²) in [6.07, 6.45) is 7.25. The van der Waals surface area contributed by atoms with Gasteiger partial charge in [0.15, 0.2) is 0 Å². The Labute approximate surface area is 115 Å². The fourth-order valence-electron chi connectivity index (χ4n) is 1.06. The Kier molecular flexibility index (Phi) is 15.6. The maximum Gasteiger partial charge on any atom is 0.303 e. The van der Waals surface area contributed by atoms with Crippen LogP contribution in [0.4, 0.5) is 0 Å². The Hall–Kier alpha value is 1.04. The molecule has 0 atom stereocenters. The molecule has 2 radical (unpaired) electrons. The molecule has 0 saturated carbocycles. The Morgan fingerprint density at radius 3 is 2.08 bits per heavy atom. The molecule has 0 spiro atoms. The third-order valence-electron chi connectivity index (χ3n) is 1.74. The summed E-state index contributed by atoms with van der Waals surface area (Å²) in [5.74, 6) is -0.666. The van der Waals surface area contributed by atoms with Gasteiger partial charge in [-0.1, -0.05) is 39.0 Å². The van der Waals surface area contributed by atoms with Crippen LogP contribution in [0.2, 0.25) is 0 Å². The molecule has 0 rings (SSSR count). The summed E-state index contributed by atoms with van der Waals surface area (Å²) >= 11 is 0. The van der Waals surface area contributed by atoms with Gasteiger partial charge in [0.05, 0.1) is 0 Å². The Morgan fingerprint density at radius 2 is 1.58 bits per heavy atom. The van der Waals surface area contributed by atoms with Gasteiger partial charge in [-0.05, 0) is 6.42 Å². The minimum atomic E-state index is -0.666. The van der Waals surface area contributed by atoms with Crippen LogP contribution in [0.5, 0.6) is 0 Å². The first kappa shape index (κ1) is 15.5. The van der Waals surface area contributed by atoms with E-state index < -0.39 is 5.97 Å². The number of aliphatic carboxylic acids is 1. The van der Waals surface area contributed by atoms with E-state index in [0.29, 0.717) is 6.42 Å². The predicted octanol–water partition coefficient (Wildman–Crippen LogP) is 2.44. The van der Waals surface area contributed by atoms with Crippen LogP contribution in [0.1, 0.15) is 51.9 Å². The molecule has 0 aliphatic heterocycles. The Bertz CT molecular complexity index is 105. The van der Waals surface area contributed by atoms with E-state index in [1.54, 1.807) is 0 Å². The average Bonchev–Trinajstić information content (AvgIpc) is 1.96. The summed E-state index contributed by atoms with van der Waals surface area (Å²) in [5.41, 5.74) is 0. The van der Waals surface area contributed by atoms with Crippen LogP contribution < -0.4 is 0 Å². The van der Waals surface area contributed by atoms with Crippen molar-refractivity contribution in [2.75, 3.05) is 0 Å². The standard InChI is InChI=1S/C9H18O2.Ba/c1-2-3-4-5-6-7-8-9(10)11;/h2-8H2,1H3,(H,10,11);. The summed E-state index contributed by atoms with van der Waals surface area (Å²) in [5, 5.41) is 8.32. The average molecular weight is 296 g/mol. The summed E-state index contributed by atoms with van der Waals surface area (Å²) < 4.78 is 0. The maximum absolute atomic E-state index is 10.1. The minimum absolute atomic E-state index is 0. The summed E-state index contributed by atoms with van der Waals surface area (Å²) in [6.45, 7) is 2.18. The van der Waals surface area contributed by atoms with Gasteiger partial charge in [0.1, 0.15) is 0 Å². The Morgan fingerprint density at radius 1 is 1.08 bits per heavy atom. The van der Waals surface area contributed by atoms with Crippen LogP contribution in [-0.2, 0) is 4.79 Å². The first-order chi connectivity index (χ1) is 5.27. The normalized spacial score (nSPS) is 9.08. The molecule has 0 amide bonds. The molecule has 68 valence electrons. The second-order valence-corrected chi connectivity index (χ2v) is 2.91. The van der Waals surface area contributed by atoms with Gasteiger partial charge in [0, 0.05) is 55.3 Å². The molecule has 0 saturated heterocycles. The third kappa shape index (κ3) is 13.6. The quantitative estimate of drug-likeness (QED) is 0.578. The van der Waals surface area contributed by atoms with Crippen molar-refractivity contribution >= 4 is 54.9 Å². The largest absolute Gasteiger partial charge is 0.481 e. The molecule has 0 aromatic heterocycles. The van der Waals surface area contributed by atoms with E-state index in [0.717, 1.165) is 12.8 Å². The van der Waals surface area contributed by atoms with Crippen molar-refractivity contribution in [3.63, 3.8) is 0 Å². The van der Waals surface area contributed by atoms with Crippen LogP contribution in [-0.4, -0.2) is 60.0 Å². The Balaban J connectivity index is 0. The molecule has 0 fully saturated rings. The van der Waals surface area contributed by atoms with Gasteiger partial charge in [0.2, 0.25) is 0 Å². The predicted molar refractivity (Wildman–Crippen MR) is 51.4 cm³/mol. The van der Waals surface area contributed by atoms with E-state index in [2.05, 4.69) is 6.92 Å². The number of hydrogen-bond donors (Lipinski definition) is 1. The van der Waals surface area contributed by atoms with Crippen molar-refractivity contribution in [2.24, 2.45) is 0 Å². The van der Waals surface area contributed by atoms with Gasteiger partial charge < -0.3 is 5.11 Å². The smallest absolute Gasteiger partial charge is 0.303 e. The number of hydrogen-bond acceptors (Lipinski definition) is 1. The van der Waals surface area contributed by atoms with Gasteiger partial charge in [-0.3, -0.25) is 4.79 Å². The first-order valence-electron chi connectivity index (χ1n) is 4.49. The zero-order valence-corrected chi connectivity index (χ0v) is 12.5. The third-order valence-corrected chi connectivity index (χ3v) is 1.74. The van der Waals surface area contributed by atoms with Crippen LogP contribution in [0, 0.1) is 0 Å². The van der Waals surface area contributed by atoms with Crippen LogP contribution >= 0.6 is 0 Å².